The van der Waals surface area contributed by atoms with Gasteiger partial charge in [0.15, 0.2) is 6.61 Å². The van der Waals surface area contributed by atoms with Crippen LogP contribution in [0.5, 0.6) is 5.75 Å². The molecule has 2 aromatic carbocycles. The first kappa shape index (κ1) is 23.2. The first-order valence-electron chi connectivity index (χ1n) is 9.44. The minimum Gasteiger partial charge on any atom is -0.484 e. The molecule has 0 aliphatic carbocycles. The first-order valence-corrected chi connectivity index (χ1v) is 10.6. The van der Waals surface area contributed by atoms with Gasteiger partial charge in [0.1, 0.15) is 11.8 Å². The maximum absolute atomic E-state index is 13.0. The van der Waals surface area contributed by atoms with E-state index in [1.807, 2.05) is 45.0 Å². The molecule has 1 N–H and O–H groups in total. The molecule has 0 aromatic heterocycles. The topological polar surface area (TPSA) is 58.6 Å². The van der Waals surface area contributed by atoms with E-state index >= 15 is 0 Å². The number of amides is 2. The second-order valence-electron chi connectivity index (χ2n) is 6.88. The van der Waals surface area contributed by atoms with Crippen molar-refractivity contribution in [2.24, 2.45) is 0 Å². The number of ether oxygens (including phenoxy) is 1. The van der Waals surface area contributed by atoms with E-state index in [4.69, 9.17) is 16.3 Å². The molecule has 2 rings (SSSR count). The SMILES string of the molecule is CCNC(=O)[C@@H](C)N(Cc1cccc(Cl)c1)C(=O)COc1cc(C)c(Br)c(C)c1. The van der Waals surface area contributed by atoms with E-state index in [0.29, 0.717) is 17.3 Å². The Bertz CT molecular complexity index is 865. The van der Waals surface area contributed by atoms with Crippen molar-refractivity contribution in [3.05, 3.63) is 62.6 Å². The summed E-state index contributed by atoms with van der Waals surface area (Å²) in [6.07, 6.45) is 0. The van der Waals surface area contributed by atoms with Crippen LogP contribution in [0.3, 0.4) is 0 Å². The Labute approximate surface area is 185 Å². The monoisotopic (exact) mass is 480 g/mol. The third kappa shape index (κ3) is 6.47. The first-order chi connectivity index (χ1) is 13.7. The van der Waals surface area contributed by atoms with E-state index in [9.17, 15) is 9.59 Å². The summed E-state index contributed by atoms with van der Waals surface area (Å²) < 4.78 is 6.76. The van der Waals surface area contributed by atoms with Gasteiger partial charge in [-0.1, -0.05) is 39.7 Å². The molecule has 2 aromatic rings. The van der Waals surface area contributed by atoms with Crippen molar-refractivity contribution in [3.63, 3.8) is 0 Å². The van der Waals surface area contributed by atoms with Crippen LogP contribution in [0.1, 0.15) is 30.5 Å². The Balaban J connectivity index is 2.18. The molecular formula is C22H26BrClN2O3. The van der Waals surface area contributed by atoms with Gasteiger partial charge in [0.25, 0.3) is 5.91 Å². The quantitative estimate of drug-likeness (QED) is 0.597. The molecule has 5 nitrogen and oxygen atoms in total. The molecule has 7 heteroatoms. The third-order valence-electron chi connectivity index (χ3n) is 4.53. The van der Waals surface area contributed by atoms with Crippen molar-refractivity contribution < 1.29 is 14.3 Å². The normalized spacial score (nSPS) is 11.7. The molecule has 1 atom stereocenters. The van der Waals surface area contributed by atoms with Crippen LogP contribution < -0.4 is 10.1 Å². The molecule has 0 bridgehead atoms. The number of aryl methyl sites for hydroxylation is 2. The van der Waals surface area contributed by atoms with E-state index in [-0.39, 0.29) is 25.0 Å². The molecule has 0 saturated heterocycles. The number of likely N-dealkylation sites (N-methyl/N-ethyl adjacent to an activating group) is 1. The van der Waals surface area contributed by atoms with Crippen molar-refractivity contribution in [2.45, 2.75) is 40.3 Å². The summed E-state index contributed by atoms with van der Waals surface area (Å²) in [7, 11) is 0. The molecular weight excluding hydrogens is 456 g/mol. The standard InChI is InChI=1S/C22H26BrClN2O3/c1-5-25-22(28)16(4)26(12-17-7-6-8-18(24)11-17)20(27)13-29-19-9-14(2)21(23)15(3)10-19/h6-11,16H,5,12-13H2,1-4H3,(H,25,28)/t16-/m1/s1. The van der Waals surface area contributed by atoms with Gasteiger partial charge < -0.3 is 15.0 Å². The highest BCUT2D eigenvalue weighted by atomic mass is 79.9. The van der Waals surface area contributed by atoms with Crippen LogP contribution in [0.25, 0.3) is 0 Å². The van der Waals surface area contributed by atoms with Gasteiger partial charge in [0.2, 0.25) is 5.91 Å². The van der Waals surface area contributed by atoms with E-state index in [1.54, 1.807) is 19.1 Å². The van der Waals surface area contributed by atoms with Gasteiger partial charge in [-0.15, -0.1) is 0 Å². The lowest BCUT2D eigenvalue weighted by atomic mass is 10.1. The van der Waals surface area contributed by atoms with Crippen LogP contribution in [-0.2, 0) is 16.1 Å². The van der Waals surface area contributed by atoms with Crippen molar-refractivity contribution in [2.75, 3.05) is 13.2 Å². The summed E-state index contributed by atoms with van der Waals surface area (Å²) in [6.45, 7) is 8.08. The van der Waals surface area contributed by atoms with Crippen LogP contribution in [0, 0.1) is 13.8 Å². The Morgan fingerprint density at radius 3 is 2.45 bits per heavy atom. The number of benzene rings is 2. The largest absolute Gasteiger partial charge is 0.484 e. The summed E-state index contributed by atoms with van der Waals surface area (Å²) in [5.41, 5.74) is 2.90. The Morgan fingerprint density at radius 1 is 1.21 bits per heavy atom. The maximum atomic E-state index is 13.0. The second-order valence-corrected chi connectivity index (χ2v) is 8.11. The molecule has 156 valence electrons. The van der Waals surface area contributed by atoms with Crippen LogP contribution in [0.4, 0.5) is 0 Å². The number of halogens is 2. The molecule has 0 saturated carbocycles. The fourth-order valence-corrected chi connectivity index (χ4v) is 3.40. The minimum atomic E-state index is -0.640. The third-order valence-corrected chi connectivity index (χ3v) is 6.02. The number of hydrogen-bond donors (Lipinski definition) is 1. The molecule has 0 aliphatic rings. The highest BCUT2D eigenvalue weighted by molar-refractivity contribution is 9.10. The Hall–Kier alpha value is -2.05. The second kappa shape index (κ2) is 10.6. The molecule has 0 radical (unpaired) electrons. The average Bonchev–Trinajstić information content (AvgIpc) is 2.68. The van der Waals surface area contributed by atoms with Crippen LogP contribution in [0.2, 0.25) is 5.02 Å². The molecule has 2 amide bonds. The Morgan fingerprint density at radius 2 is 1.86 bits per heavy atom. The minimum absolute atomic E-state index is 0.162. The molecule has 0 unspecified atom stereocenters. The van der Waals surface area contributed by atoms with Crippen molar-refractivity contribution in [1.82, 2.24) is 10.2 Å². The predicted octanol–water partition coefficient (Wildman–Crippen LogP) is 4.65. The zero-order chi connectivity index (χ0) is 21.6. The van der Waals surface area contributed by atoms with E-state index in [2.05, 4.69) is 21.2 Å². The van der Waals surface area contributed by atoms with E-state index in [0.717, 1.165) is 21.2 Å². The molecule has 0 fully saturated rings. The highest BCUT2D eigenvalue weighted by Gasteiger charge is 2.26. The van der Waals surface area contributed by atoms with Gasteiger partial charge >= 0.3 is 0 Å². The summed E-state index contributed by atoms with van der Waals surface area (Å²) in [6, 6.07) is 10.4. The molecule has 0 spiro atoms. The highest BCUT2D eigenvalue weighted by Crippen LogP contribution is 2.26. The maximum Gasteiger partial charge on any atom is 0.261 e. The van der Waals surface area contributed by atoms with Crippen LogP contribution in [0.15, 0.2) is 40.9 Å². The van der Waals surface area contributed by atoms with Gasteiger partial charge in [-0.25, -0.2) is 0 Å². The van der Waals surface area contributed by atoms with Gasteiger partial charge in [-0.05, 0) is 68.7 Å². The number of carbonyl (C=O) groups is 2. The van der Waals surface area contributed by atoms with E-state index < -0.39 is 6.04 Å². The molecule has 0 aliphatic heterocycles. The summed E-state index contributed by atoms with van der Waals surface area (Å²) >= 11 is 9.60. The lowest BCUT2D eigenvalue weighted by Crippen LogP contribution is -2.49. The van der Waals surface area contributed by atoms with Crippen molar-refractivity contribution in [3.8, 4) is 5.75 Å². The summed E-state index contributed by atoms with van der Waals surface area (Å²) in [4.78, 5) is 26.9. The zero-order valence-electron chi connectivity index (χ0n) is 17.1. The summed E-state index contributed by atoms with van der Waals surface area (Å²) in [5.74, 6) is 0.130. The van der Waals surface area contributed by atoms with Crippen LogP contribution >= 0.6 is 27.5 Å². The molecule has 29 heavy (non-hydrogen) atoms. The number of nitrogens with zero attached hydrogens (tertiary/aromatic N) is 1. The lowest BCUT2D eigenvalue weighted by Gasteiger charge is -2.28. The molecule has 0 heterocycles. The zero-order valence-corrected chi connectivity index (χ0v) is 19.4. The fraction of sp³-hybridized carbons (Fsp3) is 0.364. The predicted molar refractivity (Wildman–Crippen MR) is 119 cm³/mol. The number of rotatable bonds is 8. The van der Waals surface area contributed by atoms with Crippen molar-refractivity contribution in [1.29, 1.82) is 0 Å². The average molecular weight is 482 g/mol. The van der Waals surface area contributed by atoms with E-state index in [1.165, 1.54) is 4.90 Å². The van der Waals surface area contributed by atoms with Crippen LogP contribution in [-0.4, -0.2) is 35.9 Å². The van der Waals surface area contributed by atoms with Gasteiger partial charge in [-0.2, -0.15) is 0 Å². The van der Waals surface area contributed by atoms with Gasteiger partial charge in [0.05, 0.1) is 0 Å². The smallest absolute Gasteiger partial charge is 0.261 e. The number of carbonyl (C=O) groups excluding carboxylic acids is 2. The number of hydrogen-bond acceptors (Lipinski definition) is 3. The lowest BCUT2D eigenvalue weighted by molar-refractivity contribution is -0.142. The van der Waals surface area contributed by atoms with Gasteiger partial charge in [-0.3, -0.25) is 9.59 Å². The fourth-order valence-electron chi connectivity index (χ4n) is 2.95. The Kier molecular flexibility index (Phi) is 8.53. The van der Waals surface area contributed by atoms with Gasteiger partial charge in [0, 0.05) is 22.6 Å². The number of nitrogens with one attached hydrogen (secondary N) is 1. The van der Waals surface area contributed by atoms with Crippen molar-refractivity contribution >= 4 is 39.3 Å². The summed E-state index contributed by atoms with van der Waals surface area (Å²) in [5, 5.41) is 3.35.